The summed E-state index contributed by atoms with van der Waals surface area (Å²) in [7, 11) is 0. The second-order valence-electron chi connectivity index (χ2n) is 3.46. The van der Waals surface area contributed by atoms with E-state index in [0.29, 0.717) is 18.9 Å². The van der Waals surface area contributed by atoms with Crippen molar-refractivity contribution in [2.45, 2.75) is 53.9 Å². The largest absolute Gasteiger partial charge is 0.381 e. The van der Waals surface area contributed by atoms with Crippen molar-refractivity contribution in [1.82, 2.24) is 5.32 Å². The summed E-state index contributed by atoms with van der Waals surface area (Å²) in [5.41, 5.74) is 0. The Morgan fingerprint density at radius 3 is 2.28 bits per heavy atom. The zero-order valence-electron chi connectivity index (χ0n) is 12.6. The molecular weight excluding hydrogens is 226 g/mol. The summed E-state index contributed by atoms with van der Waals surface area (Å²) in [4.78, 5) is 11.4. The Morgan fingerprint density at radius 2 is 1.78 bits per heavy atom. The number of hydrogen-bond donors (Lipinski definition) is 1. The molecule has 0 radical (unpaired) electrons. The quantitative estimate of drug-likeness (QED) is 0.787. The molecule has 0 spiro atoms. The summed E-state index contributed by atoms with van der Waals surface area (Å²) in [6, 6.07) is 0. The lowest BCUT2D eigenvalue weighted by atomic mass is 9.96. The lowest BCUT2D eigenvalue weighted by Gasteiger charge is -2.21. The van der Waals surface area contributed by atoms with Gasteiger partial charge < -0.3 is 10.1 Å². The number of amides is 1. The van der Waals surface area contributed by atoms with Crippen LogP contribution in [-0.4, -0.2) is 25.7 Å². The van der Waals surface area contributed by atoms with E-state index in [9.17, 15) is 4.79 Å². The van der Waals surface area contributed by atoms with E-state index in [2.05, 4.69) is 17.2 Å². The summed E-state index contributed by atoms with van der Waals surface area (Å²) in [6.07, 6.45) is 2.63. The average Bonchev–Trinajstić information content (AvgIpc) is 2.45. The van der Waals surface area contributed by atoms with Crippen molar-refractivity contribution in [3.63, 3.8) is 0 Å². The Morgan fingerprint density at radius 1 is 1.22 bits per heavy atom. The second kappa shape index (κ2) is 16.0. The maximum Gasteiger partial charge on any atom is 0.221 e. The normalized spacial score (nSPS) is 13.8. The molecule has 0 aromatic carbocycles. The maximum absolute atomic E-state index is 11.4. The van der Waals surface area contributed by atoms with E-state index in [-0.39, 0.29) is 5.91 Å². The molecule has 1 amide bonds. The van der Waals surface area contributed by atoms with Gasteiger partial charge in [0.25, 0.3) is 0 Å². The van der Waals surface area contributed by atoms with E-state index in [4.69, 9.17) is 4.74 Å². The molecule has 106 valence electrons. The molecule has 1 saturated heterocycles. The van der Waals surface area contributed by atoms with Crippen LogP contribution in [0, 0.1) is 17.8 Å². The van der Waals surface area contributed by atoms with Crippen LogP contribution < -0.4 is 5.32 Å². The van der Waals surface area contributed by atoms with Crippen LogP contribution in [-0.2, 0) is 9.53 Å². The molecule has 0 atom stereocenters. The summed E-state index contributed by atoms with van der Waals surface area (Å²) in [6.45, 7) is 11.8. The maximum atomic E-state index is 11.4. The molecule has 1 rings (SSSR count). The molecule has 0 saturated carbocycles. The molecule has 3 nitrogen and oxygen atoms in total. The Hall–Kier alpha value is -1.01. The molecule has 1 aliphatic heterocycles. The van der Waals surface area contributed by atoms with Gasteiger partial charge in [-0.05, 0) is 25.7 Å². The van der Waals surface area contributed by atoms with Crippen molar-refractivity contribution in [1.29, 1.82) is 0 Å². The molecule has 18 heavy (non-hydrogen) atoms. The monoisotopic (exact) mass is 255 g/mol. The van der Waals surface area contributed by atoms with Gasteiger partial charge in [-0.15, -0.1) is 5.92 Å². The van der Waals surface area contributed by atoms with Crippen LogP contribution in [0.5, 0.6) is 0 Å². The number of hydrogen-bond acceptors (Lipinski definition) is 2. The first-order valence-corrected chi connectivity index (χ1v) is 7.07. The molecule has 0 aliphatic carbocycles. The van der Waals surface area contributed by atoms with Crippen molar-refractivity contribution < 1.29 is 9.53 Å². The molecule has 0 aromatic heterocycles. The van der Waals surface area contributed by atoms with Gasteiger partial charge in [0.1, 0.15) is 0 Å². The van der Waals surface area contributed by atoms with E-state index in [0.717, 1.165) is 26.1 Å². The van der Waals surface area contributed by atoms with Gasteiger partial charge in [-0.25, -0.2) is 0 Å². The summed E-state index contributed by atoms with van der Waals surface area (Å²) in [5, 5.41) is 2.78. The minimum Gasteiger partial charge on any atom is -0.381 e. The highest BCUT2D eigenvalue weighted by molar-refractivity contribution is 5.76. The molecule has 0 aromatic rings. The highest BCUT2D eigenvalue weighted by atomic mass is 16.5. The van der Waals surface area contributed by atoms with Crippen LogP contribution in [0.3, 0.4) is 0 Å². The van der Waals surface area contributed by atoms with Crippen molar-refractivity contribution >= 4 is 5.91 Å². The molecule has 0 unspecified atom stereocenters. The van der Waals surface area contributed by atoms with Gasteiger partial charge in [-0.1, -0.05) is 33.6 Å². The third-order valence-corrected chi connectivity index (χ3v) is 2.37. The van der Waals surface area contributed by atoms with Crippen molar-refractivity contribution in [3.05, 3.63) is 0 Å². The topological polar surface area (TPSA) is 38.3 Å². The Labute approximate surface area is 113 Å². The smallest absolute Gasteiger partial charge is 0.221 e. The lowest BCUT2D eigenvalue weighted by molar-refractivity contribution is -0.122. The van der Waals surface area contributed by atoms with Crippen LogP contribution in [0.15, 0.2) is 0 Å². The van der Waals surface area contributed by atoms with Gasteiger partial charge in [0.2, 0.25) is 5.91 Å². The standard InChI is InChI=1S/C11H17NO2.2C2H6/c1-2-3-6-12-11(13)9-10-4-7-14-8-5-10;2*1-2/h10H,4-9H2,1H3,(H,12,13);2*1-2H3. The number of carbonyl (C=O) groups is 1. The second-order valence-corrected chi connectivity index (χ2v) is 3.46. The van der Waals surface area contributed by atoms with Crippen molar-refractivity contribution in [3.8, 4) is 11.8 Å². The molecule has 1 N–H and O–H groups in total. The van der Waals surface area contributed by atoms with Gasteiger partial charge in [0.15, 0.2) is 0 Å². The van der Waals surface area contributed by atoms with E-state index in [1.807, 2.05) is 27.7 Å². The zero-order valence-corrected chi connectivity index (χ0v) is 12.6. The van der Waals surface area contributed by atoms with Crippen LogP contribution >= 0.6 is 0 Å². The number of ether oxygens (including phenoxy) is 1. The van der Waals surface area contributed by atoms with Crippen LogP contribution in [0.25, 0.3) is 0 Å². The SMILES string of the molecule is CC.CC.CC#CCNC(=O)CC1CCOCC1. The predicted molar refractivity (Wildman–Crippen MR) is 77.3 cm³/mol. The van der Waals surface area contributed by atoms with Gasteiger partial charge in [-0.3, -0.25) is 4.79 Å². The van der Waals surface area contributed by atoms with Crippen molar-refractivity contribution in [2.75, 3.05) is 19.8 Å². The van der Waals surface area contributed by atoms with Gasteiger partial charge >= 0.3 is 0 Å². The first-order chi connectivity index (χ1) is 8.83. The number of rotatable bonds is 3. The van der Waals surface area contributed by atoms with Crippen LogP contribution in [0.2, 0.25) is 0 Å². The van der Waals surface area contributed by atoms with Crippen LogP contribution in [0.1, 0.15) is 53.9 Å². The Bertz CT molecular complexity index is 235. The summed E-state index contributed by atoms with van der Waals surface area (Å²) < 4.78 is 5.23. The van der Waals surface area contributed by atoms with E-state index in [1.165, 1.54) is 0 Å². The van der Waals surface area contributed by atoms with E-state index in [1.54, 1.807) is 6.92 Å². The summed E-state index contributed by atoms with van der Waals surface area (Å²) in [5.74, 6) is 6.16. The highest BCUT2D eigenvalue weighted by Crippen LogP contribution is 2.17. The third kappa shape index (κ3) is 11.5. The minimum absolute atomic E-state index is 0.111. The molecule has 1 fully saturated rings. The van der Waals surface area contributed by atoms with Crippen molar-refractivity contribution in [2.24, 2.45) is 5.92 Å². The van der Waals surface area contributed by atoms with E-state index < -0.39 is 0 Å². The average molecular weight is 255 g/mol. The van der Waals surface area contributed by atoms with Gasteiger partial charge in [-0.2, -0.15) is 0 Å². The number of nitrogens with one attached hydrogen (secondary N) is 1. The molecule has 1 aliphatic rings. The third-order valence-electron chi connectivity index (χ3n) is 2.37. The zero-order chi connectivity index (χ0) is 14.2. The minimum atomic E-state index is 0.111. The molecule has 1 heterocycles. The fourth-order valence-electron chi connectivity index (χ4n) is 1.52. The lowest BCUT2D eigenvalue weighted by Crippen LogP contribution is -2.28. The number of carbonyl (C=O) groups excluding carboxylic acids is 1. The van der Waals surface area contributed by atoms with E-state index >= 15 is 0 Å². The first kappa shape index (κ1) is 19.3. The highest BCUT2D eigenvalue weighted by Gasteiger charge is 2.16. The fraction of sp³-hybridized carbons (Fsp3) is 0.800. The van der Waals surface area contributed by atoms with Gasteiger partial charge in [0.05, 0.1) is 6.54 Å². The fourth-order valence-corrected chi connectivity index (χ4v) is 1.52. The molecule has 3 heteroatoms. The first-order valence-electron chi connectivity index (χ1n) is 7.07. The Balaban J connectivity index is 0. The van der Waals surface area contributed by atoms with Crippen LogP contribution in [0.4, 0.5) is 0 Å². The molecule has 0 bridgehead atoms. The Kier molecular flexibility index (Phi) is 17.2. The summed E-state index contributed by atoms with van der Waals surface area (Å²) >= 11 is 0. The van der Waals surface area contributed by atoms with Gasteiger partial charge in [0, 0.05) is 19.6 Å². The molecular formula is C15H29NO2. The predicted octanol–water partition coefficient (Wildman–Crippen LogP) is 3.00.